The average Bonchev–Trinajstić information content (AvgIpc) is 2.95. The molecule has 0 spiro atoms. The summed E-state index contributed by atoms with van der Waals surface area (Å²) in [4.78, 5) is 15.5. The number of carbonyl (C=O) groups excluding carboxylic acids is 1. The van der Waals surface area contributed by atoms with E-state index in [0.29, 0.717) is 42.8 Å². The van der Waals surface area contributed by atoms with Gasteiger partial charge in [0.2, 0.25) is 0 Å². The number of benzene rings is 3. The second-order valence-electron chi connectivity index (χ2n) is 10.5. The Bertz CT molecular complexity index is 1230. The number of rotatable bonds is 7. The minimum atomic E-state index is -4.39. The van der Waals surface area contributed by atoms with Gasteiger partial charge >= 0.3 is 6.18 Å². The lowest BCUT2D eigenvalue weighted by Crippen LogP contribution is -2.44. The van der Waals surface area contributed by atoms with E-state index < -0.39 is 17.3 Å². The molecule has 0 radical (unpaired) electrons. The molecule has 2 fully saturated rings. The van der Waals surface area contributed by atoms with Gasteiger partial charge in [0, 0.05) is 44.1 Å². The quantitative estimate of drug-likeness (QED) is 0.403. The summed E-state index contributed by atoms with van der Waals surface area (Å²) in [5.74, 6) is 0.387. The van der Waals surface area contributed by atoms with Gasteiger partial charge in [-0.05, 0) is 67.4 Å². The minimum Gasteiger partial charge on any atom is -0.482 e. The summed E-state index contributed by atoms with van der Waals surface area (Å²) in [5, 5.41) is 6.47. The first kappa shape index (κ1) is 27.2. The van der Waals surface area contributed by atoms with Crippen molar-refractivity contribution >= 4 is 5.91 Å². The topological polar surface area (TPSA) is 53.6 Å². The Kier molecular flexibility index (Phi) is 8.23. The number of ether oxygens (including phenoxy) is 1. The Morgan fingerprint density at radius 3 is 2.31 bits per heavy atom. The molecule has 0 bridgehead atoms. The predicted molar refractivity (Wildman–Crippen MR) is 145 cm³/mol. The molecule has 3 aromatic rings. The number of likely N-dealkylation sites (tertiary alicyclic amines) is 1. The molecule has 5 rings (SSSR count). The highest BCUT2D eigenvalue weighted by Crippen LogP contribution is 2.38. The summed E-state index contributed by atoms with van der Waals surface area (Å²) in [6, 6.07) is 22.8. The first-order chi connectivity index (χ1) is 18.8. The molecule has 8 heteroatoms. The van der Waals surface area contributed by atoms with Crippen molar-refractivity contribution in [2.75, 3.05) is 26.2 Å². The number of hydrogen-bond donors (Lipinski definition) is 2. The number of hydrogen-bond acceptors (Lipinski definition) is 4. The maximum Gasteiger partial charge on any atom is 0.416 e. The maximum absolute atomic E-state index is 13.1. The molecule has 206 valence electrons. The molecule has 0 aliphatic carbocycles. The van der Waals surface area contributed by atoms with E-state index in [-0.39, 0.29) is 11.9 Å². The number of piperidine rings is 2. The lowest BCUT2D eigenvalue weighted by molar-refractivity contribution is -0.137. The fraction of sp³-hybridized carbons (Fsp3) is 0.387. The zero-order valence-electron chi connectivity index (χ0n) is 21.8. The summed E-state index contributed by atoms with van der Waals surface area (Å²) in [7, 11) is 0. The third kappa shape index (κ3) is 6.81. The molecule has 5 nitrogen and oxygen atoms in total. The van der Waals surface area contributed by atoms with Crippen molar-refractivity contribution < 1.29 is 22.7 Å². The summed E-state index contributed by atoms with van der Waals surface area (Å²) < 4.78 is 45.9. The van der Waals surface area contributed by atoms with Crippen molar-refractivity contribution in [1.82, 2.24) is 15.5 Å². The summed E-state index contributed by atoms with van der Waals surface area (Å²) in [5.41, 5.74) is 1.06. The number of alkyl halides is 3. The van der Waals surface area contributed by atoms with E-state index in [4.69, 9.17) is 4.74 Å². The summed E-state index contributed by atoms with van der Waals surface area (Å²) in [6.07, 6.45) is -1.40. The first-order valence-corrected chi connectivity index (χ1v) is 13.6. The van der Waals surface area contributed by atoms with Crippen LogP contribution in [0, 0.1) is 0 Å². The number of halogens is 3. The molecule has 2 aliphatic heterocycles. The van der Waals surface area contributed by atoms with Crippen molar-refractivity contribution in [3.8, 4) is 5.75 Å². The van der Waals surface area contributed by atoms with Crippen LogP contribution in [-0.2, 0) is 18.3 Å². The molecule has 0 unspecified atom stereocenters. The van der Waals surface area contributed by atoms with Crippen LogP contribution in [0.4, 0.5) is 13.2 Å². The minimum absolute atomic E-state index is 0.108. The standard InChI is InChI=1S/C31H34F3N3O2/c32-31(33,34)26-11-9-25(10-12-26)30(15-17-35-18-16-30)39-28-8-4-7-24(21-28)29(38)36-27-13-19-37(20-14-27)22-23-5-2-1-3-6-23/h1-12,21,27,35H,13-20,22H2,(H,36,38). The Morgan fingerprint density at radius 1 is 0.949 bits per heavy atom. The second kappa shape index (κ2) is 11.8. The van der Waals surface area contributed by atoms with Gasteiger partial charge in [0.25, 0.3) is 5.91 Å². The molecule has 2 saturated heterocycles. The maximum atomic E-state index is 13.1. The molecule has 2 aliphatic rings. The molecular weight excluding hydrogens is 503 g/mol. The molecule has 39 heavy (non-hydrogen) atoms. The number of amides is 1. The molecule has 0 atom stereocenters. The lowest BCUT2D eigenvalue weighted by Gasteiger charge is -2.38. The zero-order valence-corrected chi connectivity index (χ0v) is 21.8. The highest BCUT2D eigenvalue weighted by molar-refractivity contribution is 5.94. The van der Waals surface area contributed by atoms with Gasteiger partial charge in [-0.1, -0.05) is 48.5 Å². The predicted octanol–water partition coefficient (Wildman–Crippen LogP) is 5.76. The van der Waals surface area contributed by atoms with Crippen LogP contribution in [0.1, 0.15) is 52.7 Å². The fourth-order valence-corrected chi connectivity index (χ4v) is 5.52. The van der Waals surface area contributed by atoms with Gasteiger partial charge in [0.1, 0.15) is 11.4 Å². The summed E-state index contributed by atoms with van der Waals surface area (Å²) >= 11 is 0. The van der Waals surface area contributed by atoms with Crippen molar-refractivity contribution in [3.63, 3.8) is 0 Å². The first-order valence-electron chi connectivity index (χ1n) is 13.6. The van der Waals surface area contributed by atoms with E-state index in [1.807, 2.05) is 6.07 Å². The van der Waals surface area contributed by atoms with E-state index in [9.17, 15) is 18.0 Å². The Morgan fingerprint density at radius 2 is 1.64 bits per heavy atom. The van der Waals surface area contributed by atoms with Crippen molar-refractivity contribution in [2.24, 2.45) is 0 Å². The van der Waals surface area contributed by atoms with Crippen LogP contribution in [0.15, 0.2) is 78.9 Å². The smallest absolute Gasteiger partial charge is 0.416 e. The highest BCUT2D eigenvalue weighted by atomic mass is 19.4. The monoisotopic (exact) mass is 537 g/mol. The van der Waals surface area contributed by atoms with Crippen molar-refractivity contribution in [1.29, 1.82) is 0 Å². The molecule has 0 aromatic heterocycles. The van der Waals surface area contributed by atoms with Crippen LogP contribution in [-0.4, -0.2) is 43.0 Å². The third-order valence-electron chi connectivity index (χ3n) is 7.73. The van der Waals surface area contributed by atoms with Crippen molar-refractivity contribution in [3.05, 3.63) is 101 Å². The van der Waals surface area contributed by atoms with Crippen LogP contribution in [0.25, 0.3) is 0 Å². The van der Waals surface area contributed by atoms with Crippen LogP contribution >= 0.6 is 0 Å². The molecule has 0 saturated carbocycles. The van der Waals surface area contributed by atoms with Gasteiger partial charge in [-0.3, -0.25) is 9.69 Å². The normalized spacial score (nSPS) is 18.4. The van der Waals surface area contributed by atoms with E-state index in [0.717, 1.165) is 44.6 Å². The average molecular weight is 538 g/mol. The fourth-order valence-electron chi connectivity index (χ4n) is 5.52. The van der Waals surface area contributed by atoms with E-state index in [1.54, 1.807) is 24.3 Å². The van der Waals surface area contributed by atoms with Crippen LogP contribution in [0.5, 0.6) is 5.75 Å². The van der Waals surface area contributed by atoms with Gasteiger partial charge in [-0.15, -0.1) is 0 Å². The number of nitrogens with one attached hydrogen (secondary N) is 2. The number of carbonyl (C=O) groups is 1. The molecule has 2 N–H and O–H groups in total. The zero-order chi connectivity index (χ0) is 27.3. The largest absolute Gasteiger partial charge is 0.482 e. The second-order valence-corrected chi connectivity index (χ2v) is 10.5. The molecule has 1 amide bonds. The van der Waals surface area contributed by atoms with Crippen LogP contribution in [0.2, 0.25) is 0 Å². The van der Waals surface area contributed by atoms with Gasteiger partial charge in [0.15, 0.2) is 0 Å². The van der Waals surface area contributed by atoms with Gasteiger partial charge in [-0.25, -0.2) is 0 Å². The lowest BCUT2D eigenvalue weighted by atomic mass is 9.84. The van der Waals surface area contributed by atoms with E-state index >= 15 is 0 Å². The van der Waals surface area contributed by atoms with Gasteiger partial charge in [-0.2, -0.15) is 13.2 Å². The number of nitrogens with zero attached hydrogens (tertiary/aromatic N) is 1. The van der Waals surface area contributed by atoms with Crippen LogP contribution < -0.4 is 15.4 Å². The molecule has 2 heterocycles. The van der Waals surface area contributed by atoms with Gasteiger partial charge < -0.3 is 15.4 Å². The molecule has 3 aromatic carbocycles. The Hall–Kier alpha value is -3.36. The third-order valence-corrected chi connectivity index (χ3v) is 7.73. The summed E-state index contributed by atoms with van der Waals surface area (Å²) in [6.45, 7) is 4.13. The van der Waals surface area contributed by atoms with E-state index in [1.165, 1.54) is 17.7 Å². The van der Waals surface area contributed by atoms with Gasteiger partial charge in [0.05, 0.1) is 5.56 Å². The van der Waals surface area contributed by atoms with Crippen molar-refractivity contribution in [2.45, 2.75) is 50.0 Å². The molecular formula is C31H34F3N3O2. The Labute approximate surface area is 227 Å². The van der Waals surface area contributed by atoms with Crippen LogP contribution in [0.3, 0.4) is 0 Å². The highest BCUT2D eigenvalue weighted by Gasteiger charge is 2.38. The van der Waals surface area contributed by atoms with E-state index in [2.05, 4.69) is 39.8 Å². The SMILES string of the molecule is O=C(NC1CCN(Cc2ccccc2)CC1)c1cccc(OC2(c3ccc(C(F)(F)F)cc3)CCNCC2)c1. The Balaban J connectivity index is 1.23.